The third kappa shape index (κ3) is 3.30. The van der Waals surface area contributed by atoms with Crippen LogP contribution in [0.1, 0.15) is 8.22 Å². The minimum atomic E-state index is -0.434. The monoisotopic (exact) mass is 526 g/mol. The molecule has 0 aliphatic carbocycles. The van der Waals surface area contributed by atoms with Crippen molar-refractivity contribution >= 4 is 65.0 Å². The van der Waals surface area contributed by atoms with E-state index >= 15 is 0 Å². The summed E-state index contributed by atoms with van der Waals surface area (Å²) in [4.78, 5) is 0. The number of rotatable bonds is 2. The second kappa shape index (κ2) is 8.55. The average Bonchev–Trinajstić information content (AvgIpc) is 3.51. The standard InChI is InChI=1S/C40H24O/c1-2-11-26-22-29(21-20-25(26)10-1)38-30-14-5-7-16-32(30)39(33-17-8-6-15-31(33)38)34-18-9-19-36-40(34)35-23-27-12-3-4-13-28(27)24-37(35)41-36/h1-24H/i3D,4D,12D,13D,23D,24D. The van der Waals surface area contributed by atoms with E-state index in [0.717, 1.165) is 49.2 Å². The Kier molecular flexibility index (Phi) is 3.61. The molecule has 0 aliphatic heterocycles. The van der Waals surface area contributed by atoms with E-state index in [-0.39, 0.29) is 40.5 Å². The first-order valence-electron chi connectivity index (χ1n) is 16.6. The van der Waals surface area contributed by atoms with E-state index in [4.69, 9.17) is 11.3 Å². The third-order valence-corrected chi connectivity index (χ3v) is 8.13. The Morgan fingerprint density at radius 3 is 1.83 bits per heavy atom. The van der Waals surface area contributed by atoms with Crippen LogP contribution in [0.2, 0.25) is 0 Å². The van der Waals surface area contributed by atoms with E-state index in [9.17, 15) is 1.37 Å². The SMILES string of the molecule is [2H]c1c([2H])c([2H])c2c([2H])c3c(oc4cccc(-c5c6ccccc6c(-c6ccc7ccccc7c6)c6ccccc56)c43)c([2H])c2c1[2H]. The second-order valence-corrected chi connectivity index (χ2v) is 10.4. The molecule has 0 atom stereocenters. The Balaban J connectivity index is 1.45. The Hall–Kier alpha value is -5.40. The fourth-order valence-electron chi connectivity index (χ4n) is 6.38. The molecule has 0 amide bonds. The number of hydrogen-bond acceptors (Lipinski definition) is 1. The smallest absolute Gasteiger partial charge is 0.136 e. The molecule has 0 bridgehead atoms. The van der Waals surface area contributed by atoms with E-state index < -0.39 is 12.1 Å². The molecule has 0 fully saturated rings. The van der Waals surface area contributed by atoms with Crippen molar-refractivity contribution in [2.75, 3.05) is 0 Å². The summed E-state index contributed by atoms with van der Waals surface area (Å²) in [7, 11) is 0. The van der Waals surface area contributed by atoms with Crippen molar-refractivity contribution in [2.45, 2.75) is 0 Å². The molecule has 1 aromatic heterocycles. The lowest BCUT2D eigenvalue weighted by molar-refractivity contribution is 0.669. The van der Waals surface area contributed by atoms with Gasteiger partial charge in [0.1, 0.15) is 11.2 Å². The van der Waals surface area contributed by atoms with Gasteiger partial charge in [0.05, 0.1) is 8.22 Å². The van der Waals surface area contributed by atoms with E-state index in [1.807, 2.05) is 48.5 Å². The zero-order valence-electron chi connectivity index (χ0n) is 27.8. The minimum Gasteiger partial charge on any atom is -0.456 e. The van der Waals surface area contributed by atoms with Crippen LogP contribution in [0.15, 0.2) is 150 Å². The highest BCUT2D eigenvalue weighted by Gasteiger charge is 2.20. The molecule has 0 unspecified atom stereocenters. The van der Waals surface area contributed by atoms with Crippen molar-refractivity contribution in [3.05, 3.63) is 145 Å². The second-order valence-electron chi connectivity index (χ2n) is 10.4. The van der Waals surface area contributed by atoms with E-state index in [1.165, 1.54) is 5.39 Å². The molecule has 8 aromatic carbocycles. The summed E-state index contributed by atoms with van der Waals surface area (Å²) in [6.07, 6.45) is 0. The van der Waals surface area contributed by atoms with Gasteiger partial charge in [-0.3, -0.25) is 0 Å². The first kappa shape index (κ1) is 17.3. The van der Waals surface area contributed by atoms with Crippen molar-refractivity contribution in [1.29, 1.82) is 0 Å². The number of furan rings is 1. The molecule has 41 heavy (non-hydrogen) atoms. The molecule has 0 radical (unpaired) electrons. The molecule has 1 heterocycles. The highest BCUT2D eigenvalue weighted by atomic mass is 16.3. The summed E-state index contributed by atoms with van der Waals surface area (Å²) in [5, 5.41) is 7.56. The lowest BCUT2D eigenvalue weighted by Gasteiger charge is -2.18. The number of benzene rings is 8. The van der Waals surface area contributed by atoms with Gasteiger partial charge in [0.15, 0.2) is 0 Å². The lowest BCUT2D eigenvalue weighted by atomic mass is 9.84. The molecular formula is C40H24O. The Morgan fingerprint density at radius 1 is 0.463 bits per heavy atom. The van der Waals surface area contributed by atoms with Gasteiger partial charge in [-0.2, -0.15) is 0 Å². The molecule has 0 saturated carbocycles. The van der Waals surface area contributed by atoms with Gasteiger partial charge in [-0.25, -0.2) is 0 Å². The zero-order valence-corrected chi connectivity index (χ0v) is 21.8. The molecule has 190 valence electrons. The third-order valence-electron chi connectivity index (χ3n) is 8.13. The normalized spacial score (nSPS) is 14.0. The fraction of sp³-hybridized carbons (Fsp3) is 0. The van der Waals surface area contributed by atoms with Crippen LogP contribution in [0.5, 0.6) is 0 Å². The van der Waals surface area contributed by atoms with Gasteiger partial charge < -0.3 is 4.42 Å². The van der Waals surface area contributed by atoms with Crippen LogP contribution in [-0.4, -0.2) is 0 Å². The van der Waals surface area contributed by atoms with Crippen LogP contribution in [-0.2, 0) is 0 Å². The van der Waals surface area contributed by atoms with Crippen LogP contribution < -0.4 is 0 Å². The molecule has 1 heteroatoms. The minimum absolute atomic E-state index is 0.00950. The summed E-state index contributed by atoms with van der Waals surface area (Å²) < 4.78 is 58.4. The molecule has 0 saturated heterocycles. The summed E-state index contributed by atoms with van der Waals surface area (Å²) in [5.41, 5.74) is 4.66. The Morgan fingerprint density at radius 2 is 1.10 bits per heavy atom. The van der Waals surface area contributed by atoms with Crippen molar-refractivity contribution in [3.8, 4) is 22.3 Å². The van der Waals surface area contributed by atoms with E-state index in [0.29, 0.717) is 16.4 Å². The van der Waals surface area contributed by atoms with Gasteiger partial charge in [0, 0.05) is 10.8 Å². The topological polar surface area (TPSA) is 13.1 Å². The quantitative estimate of drug-likeness (QED) is 0.204. The van der Waals surface area contributed by atoms with Gasteiger partial charge in [-0.15, -0.1) is 0 Å². The number of fused-ring (bicyclic) bond motifs is 7. The van der Waals surface area contributed by atoms with Crippen molar-refractivity contribution in [1.82, 2.24) is 0 Å². The van der Waals surface area contributed by atoms with Crippen molar-refractivity contribution < 1.29 is 12.6 Å². The fourth-order valence-corrected chi connectivity index (χ4v) is 6.38. The van der Waals surface area contributed by atoms with Gasteiger partial charge in [-0.05, 0) is 89.6 Å². The van der Waals surface area contributed by atoms with Crippen molar-refractivity contribution in [2.24, 2.45) is 0 Å². The number of hydrogen-bond donors (Lipinski definition) is 0. The molecular weight excluding hydrogens is 496 g/mol. The first-order chi connectivity index (χ1) is 22.8. The predicted octanol–water partition coefficient (Wildman–Crippen LogP) is 11.5. The maximum atomic E-state index is 9.34. The van der Waals surface area contributed by atoms with Crippen LogP contribution in [0.3, 0.4) is 0 Å². The molecule has 0 spiro atoms. The van der Waals surface area contributed by atoms with Crippen LogP contribution in [0.4, 0.5) is 0 Å². The summed E-state index contributed by atoms with van der Waals surface area (Å²) >= 11 is 0. The van der Waals surface area contributed by atoms with E-state index in [1.54, 1.807) is 0 Å². The maximum absolute atomic E-state index is 9.34. The van der Waals surface area contributed by atoms with Gasteiger partial charge >= 0.3 is 0 Å². The Bertz CT molecular complexity index is 2760. The molecule has 0 N–H and O–H groups in total. The van der Waals surface area contributed by atoms with Gasteiger partial charge in [0.2, 0.25) is 0 Å². The van der Waals surface area contributed by atoms with Crippen LogP contribution >= 0.6 is 0 Å². The summed E-state index contributed by atoms with van der Waals surface area (Å²) in [6, 6.07) is 35.6. The van der Waals surface area contributed by atoms with Crippen molar-refractivity contribution in [3.63, 3.8) is 0 Å². The van der Waals surface area contributed by atoms with Crippen LogP contribution in [0.25, 0.3) is 87.3 Å². The Labute approximate surface area is 245 Å². The highest BCUT2D eigenvalue weighted by Crippen LogP contribution is 2.47. The largest absolute Gasteiger partial charge is 0.456 e. The highest BCUT2D eigenvalue weighted by molar-refractivity contribution is 6.26. The average molecular weight is 527 g/mol. The maximum Gasteiger partial charge on any atom is 0.136 e. The zero-order chi connectivity index (χ0) is 32.1. The first-order valence-corrected chi connectivity index (χ1v) is 13.6. The molecule has 1 nitrogen and oxygen atoms in total. The molecule has 0 aliphatic rings. The molecule has 9 rings (SSSR count). The molecule has 9 aromatic rings. The van der Waals surface area contributed by atoms with E-state index in [2.05, 4.69) is 60.7 Å². The lowest BCUT2D eigenvalue weighted by Crippen LogP contribution is -1.91. The van der Waals surface area contributed by atoms with Crippen LogP contribution in [0, 0.1) is 0 Å². The van der Waals surface area contributed by atoms with Gasteiger partial charge in [-0.1, -0.05) is 121 Å². The summed E-state index contributed by atoms with van der Waals surface area (Å²) in [5.74, 6) is 0. The van der Waals surface area contributed by atoms with Gasteiger partial charge in [0.25, 0.3) is 0 Å². The summed E-state index contributed by atoms with van der Waals surface area (Å²) in [6.45, 7) is 0. The predicted molar refractivity (Wildman–Crippen MR) is 175 cm³/mol.